The summed E-state index contributed by atoms with van der Waals surface area (Å²) in [5.74, 6) is -0.123. The minimum Gasteiger partial charge on any atom is -0.493 e. The van der Waals surface area contributed by atoms with Gasteiger partial charge in [0.05, 0.1) is 6.61 Å². The Labute approximate surface area is 162 Å². The molecule has 0 heterocycles. The molecule has 2 aromatic carbocycles. The predicted molar refractivity (Wildman–Crippen MR) is 109 cm³/mol. The molecule has 0 amide bonds. The zero-order valence-electron chi connectivity index (χ0n) is 16.6. The molecular formula is C23H29NO3. The average Bonchev–Trinajstić information content (AvgIpc) is 2.63. The van der Waals surface area contributed by atoms with Crippen molar-refractivity contribution < 1.29 is 14.3 Å². The molecular weight excluding hydrogens is 338 g/mol. The summed E-state index contributed by atoms with van der Waals surface area (Å²) in [6.45, 7) is 7.62. The third kappa shape index (κ3) is 6.89. The third-order valence-electron chi connectivity index (χ3n) is 4.15. The van der Waals surface area contributed by atoms with Crippen molar-refractivity contribution in [1.29, 1.82) is 5.41 Å². The normalized spacial score (nSPS) is 12.3. The maximum absolute atomic E-state index is 12.1. The molecule has 0 aliphatic rings. The van der Waals surface area contributed by atoms with Crippen LogP contribution in [0.25, 0.3) is 0 Å². The Morgan fingerprint density at radius 3 is 2.15 bits per heavy atom. The SMILES string of the molecule is CC[C@H](COc1ccc(Cc2ccccc2)cc1)C(=N)C(=O)OC(C)(C)C. The van der Waals surface area contributed by atoms with Crippen LogP contribution >= 0.6 is 0 Å². The zero-order chi connectivity index (χ0) is 19.9. The number of hydrogen-bond acceptors (Lipinski definition) is 4. The van der Waals surface area contributed by atoms with Gasteiger partial charge in [0.2, 0.25) is 0 Å². The highest BCUT2D eigenvalue weighted by Gasteiger charge is 2.26. The molecule has 1 N–H and O–H groups in total. The van der Waals surface area contributed by atoms with Crippen molar-refractivity contribution in [3.63, 3.8) is 0 Å². The average molecular weight is 367 g/mol. The molecule has 0 radical (unpaired) electrons. The summed E-state index contributed by atoms with van der Waals surface area (Å²) in [5.41, 5.74) is 1.84. The van der Waals surface area contributed by atoms with Crippen LogP contribution < -0.4 is 4.74 Å². The van der Waals surface area contributed by atoms with Gasteiger partial charge < -0.3 is 9.47 Å². The van der Waals surface area contributed by atoms with Gasteiger partial charge in [-0.2, -0.15) is 0 Å². The first-order valence-electron chi connectivity index (χ1n) is 9.36. The first-order valence-corrected chi connectivity index (χ1v) is 9.36. The number of nitrogens with one attached hydrogen (secondary N) is 1. The zero-order valence-corrected chi connectivity index (χ0v) is 16.6. The molecule has 4 nitrogen and oxygen atoms in total. The summed E-state index contributed by atoms with van der Waals surface area (Å²) < 4.78 is 11.1. The lowest BCUT2D eigenvalue weighted by molar-refractivity contribution is -0.146. The van der Waals surface area contributed by atoms with Crippen LogP contribution in [0.5, 0.6) is 5.75 Å². The molecule has 0 saturated carbocycles. The molecule has 0 spiro atoms. The van der Waals surface area contributed by atoms with Crippen molar-refractivity contribution in [2.45, 2.75) is 46.1 Å². The third-order valence-corrected chi connectivity index (χ3v) is 4.15. The lowest BCUT2D eigenvalue weighted by atomic mass is 10.0. The van der Waals surface area contributed by atoms with Crippen molar-refractivity contribution >= 4 is 11.7 Å². The molecule has 1 atom stereocenters. The van der Waals surface area contributed by atoms with Gasteiger partial charge in [-0.1, -0.05) is 49.4 Å². The first-order chi connectivity index (χ1) is 12.8. The standard InChI is InChI=1S/C23H29NO3/c1-5-19(21(24)22(25)27-23(2,3)4)16-26-20-13-11-18(12-14-20)15-17-9-7-6-8-10-17/h6-14,19,24H,5,15-16H2,1-4H3/t19-/m1/s1. The first kappa shape index (κ1) is 20.7. The molecule has 2 aromatic rings. The minimum absolute atomic E-state index is 0.0341. The summed E-state index contributed by atoms with van der Waals surface area (Å²) in [5, 5.41) is 8.10. The van der Waals surface area contributed by atoms with Crippen LogP contribution in [0, 0.1) is 11.3 Å². The number of carbonyl (C=O) groups is 1. The van der Waals surface area contributed by atoms with Crippen molar-refractivity contribution in [2.24, 2.45) is 5.92 Å². The maximum atomic E-state index is 12.1. The molecule has 0 unspecified atom stereocenters. The number of carbonyl (C=O) groups excluding carboxylic acids is 1. The topological polar surface area (TPSA) is 59.4 Å². The lowest BCUT2D eigenvalue weighted by Crippen LogP contribution is -2.34. The smallest absolute Gasteiger partial charge is 0.352 e. The van der Waals surface area contributed by atoms with Gasteiger partial charge in [-0.15, -0.1) is 0 Å². The van der Waals surface area contributed by atoms with Crippen LogP contribution in [-0.2, 0) is 16.0 Å². The highest BCUT2D eigenvalue weighted by atomic mass is 16.6. The Balaban J connectivity index is 1.90. The Bertz CT molecular complexity index is 745. The van der Waals surface area contributed by atoms with Gasteiger partial charge in [-0.25, -0.2) is 4.79 Å². The summed E-state index contributed by atoms with van der Waals surface area (Å²) in [7, 11) is 0. The van der Waals surface area contributed by atoms with Crippen LogP contribution in [0.15, 0.2) is 54.6 Å². The quantitative estimate of drug-likeness (QED) is 0.525. The van der Waals surface area contributed by atoms with Gasteiger partial charge in [0.15, 0.2) is 0 Å². The van der Waals surface area contributed by atoms with Crippen LogP contribution in [-0.4, -0.2) is 23.9 Å². The van der Waals surface area contributed by atoms with Crippen LogP contribution in [0.2, 0.25) is 0 Å². The van der Waals surface area contributed by atoms with E-state index in [-0.39, 0.29) is 18.2 Å². The second-order valence-corrected chi connectivity index (χ2v) is 7.64. The van der Waals surface area contributed by atoms with Crippen molar-refractivity contribution in [3.05, 3.63) is 65.7 Å². The van der Waals surface area contributed by atoms with E-state index < -0.39 is 11.6 Å². The monoisotopic (exact) mass is 367 g/mol. The van der Waals surface area contributed by atoms with Crippen molar-refractivity contribution in [2.75, 3.05) is 6.61 Å². The highest BCUT2D eigenvalue weighted by molar-refractivity contribution is 6.36. The molecule has 2 rings (SSSR count). The summed E-state index contributed by atoms with van der Waals surface area (Å²) in [6, 6.07) is 18.3. The summed E-state index contributed by atoms with van der Waals surface area (Å²) in [4.78, 5) is 12.1. The molecule has 0 aromatic heterocycles. The molecule has 0 saturated heterocycles. The number of benzene rings is 2. The maximum Gasteiger partial charge on any atom is 0.352 e. The Kier molecular flexibility index (Phi) is 7.17. The number of ether oxygens (including phenoxy) is 2. The summed E-state index contributed by atoms with van der Waals surface area (Å²) in [6.07, 6.45) is 1.52. The van der Waals surface area contributed by atoms with E-state index in [0.29, 0.717) is 6.42 Å². The van der Waals surface area contributed by atoms with Gasteiger partial charge in [-0.3, -0.25) is 5.41 Å². The predicted octanol–water partition coefficient (Wildman–Crippen LogP) is 5.04. The number of hydrogen-bond donors (Lipinski definition) is 1. The summed E-state index contributed by atoms with van der Waals surface area (Å²) >= 11 is 0. The van der Waals surface area contributed by atoms with E-state index >= 15 is 0 Å². The fourth-order valence-corrected chi connectivity index (χ4v) is 2.64. The second kappa shape index (κ2) is 9.36. The number of rotatable bonds is 8. The highest BCUT2D eigenvalue weighted by Crippen LogP contribution is 2.18. The minimum atomic E-state index is -0.600. The Hall–Kier alpha value is -2.62. The fourth-order valence-electron chi connectivity index (χ4n) is 2.64. The van der Waals surface area contributed by atoms with E-state index in [4.69, 9.17) is 14.9 Å². The molecule has 0 bridgehead atoms. The lowest BCUT2D eigenvalue weighted by Gasteiger charge is -2.22. The Morgan fingerprint density at radius 1 is 1.00 bits per heavy atom. The molecule has 144 valence electrons. The number of esters is 1. The fraction of sp³-hybridized carbons (Fsp3) is 0.391. The van der Waals surface area contributed by atoms with Gasteiger partial charge in [0.25, 0.3) is 0 Å². The van der Waals surface area contributed by atoms with Gasteiger partial charge in [0.1, 0.15) is 17.1 Å². The van der Waals surface area contributed by atoms with Gasteiger partial charge in [0, 0.05) is 5.92 Å². The molecule has 0 aliphatic carbocycles. The van der Waals surface area contributed by atoms with E-state index in [1.165, 1.54) is 11.1 Å². The van der Waals surface area contributed by atoms with Crippen molar-refractivity contribution in [1.82, 2.24) is 0 Å². The van der Waals surface area contributed by atoms with E-state index in [0.717, 1.165) is 12.2 Å². The van der Waals surface area contributed by atoms with Crippen molar-refractivity contribution in [3.8, 4) is 5.75 Å². The van der Waals surface area contributed by atoms with Crippen LogP contribution in [0.1, 0.15) is 45.2 Å². The Morgan fingerprint density at radius 2 is 1.59 bits per heavy atom. The molecule has 4 heteroatoms. The van der Waals surface area contributed by atoms with Gasteiger partial charge >= 0.3 is 5.97 Å². The van der Waals surface area contributed by atoms with E-state index in [2.05, 4.69) is 12.1 Å². The van der Waals surface area contributed by atoms with E-state index in [9.17, 15) is 4.79 Å². The largest absolute Gasteiger partial charge is 0.493 e. The van der Waals surface area contributed by atoms with E-state index in [1.54, 1.807) is 20.8 Å². The van der Waals surface area contributed by atoms with E-state index in [1.807, 2.05) is 49.4 Å². The second-order valence-electron chi connectivity index (χ2n) is 7.64. The van der Waals surface area contributed by atoms with Crippen LogP contribution in [0.4, 0.5) is 0 Å². The van der Waals surface area contributed by atoms with Crippen LogP contribution in [0.3, 0.4) is 0 Å². The molecule has 0 fully saturated rings. The van der Waals surface area contributed by atoms with Gasteiger partial charge in [-0.05, 0) is 56.9 Å². The molecule has 27 heavy (non-hydrogen) atoms. The molecule has 0 aliphatic heterocycles.